The van der Waals surface area contributed by atoms with Gasteiger partial charge in [0.1, 0.15) is 0 Å². The van der Waals surface area contributed by atoms with E-state index >= 15 is 0 Å². The molecule has 0 aliphatic rings. The number of amides is 1. The summed E-state index contributed by atoms with van der Waals surface area (Å²) in [5, 5.41) is 6.78. The van der Waals surface area contributed by atoms with Crippen LogP contribution in [0, 0.1) is 6.92 Å². The fraction of sp³-hybridized carbons (Fsp3) is 0.182. The van der Waals surface area contributed by atoms with E-state index in [4.69, 9.17) is 0 Å². The van der Waals surface area contributed by atoms with Crippen molar-refractivity contribution < 1.29 is 4.79 Å². The fourth-order valence-corrected chi connectivity index (χ4v) is 1.36. The highest BCUT2D eigenvalue weighted by molar-refractivity contribution is 6.04. The Hall–Kier alpha value is -2.17. The van der Waals surface area contributed by atoms with Crippen LogP contribution < -0.4 is 5.32 Å². The van der Waals surface area contributed by atoms with Crippen LogP contribution in [-0.2, 0) is 7.05 Å². The van der Waals surface area contributed by atoms with Gasteiger partial charge < -0.3 is 5.32 Å². The molecule has 0 radical (unpaired) electrons. The topological polar surface area (TPSA) is 59.8 Å². The number of aryl methyl sites for hydroxylation is 1. The van der Waals surface area contributed by atoms with Crippen LogP contribution in [0.4, 0.5) is 5.69 Å². The van der Waals surface area contributed by atoms with E-state index in [2.05, 4.69) is 15.4 Å². The number of nitrogens with one attached hydrogen (secondary N) is 1. The van der Waals surface area contributed by atoms with E-state index in [1.807, 2.05) is 6.92 Å². The molecule has 0 saturated heterocycles. The zero-order valence-corrected chi connectivity index (χ0v) is 9.14. The summed E-state index contributed by atoms with van der Waals surface area (Å²) in [4.78, 5) is 15.8. The standard InChI is InChI=1S/C11H12N4O/c1-8-10(7-13-15(8)2)11(16)14-9-4-3-5-12-6-9/h3-7H,1-2H3,(H,14,16). The van der Waals surface area contributed by atoms with Crippen molar-refractivity contribution in [2.75, 3.05) is 5.32 Å². The molecule has 0 saturated carbocycles. The predicted molar refractivity (Wildman–Crippen MR) is 60.1 cm³/mol. The highest BCUT2D eigenvalue weighted by atomic mass is 16.1. The third-order valence-electron chi connectivity index (χ3n) is 2.40. The Balaban J connectivity index is 2.18. The molecule has 0 fully saturated rings. The normalized spacial score (nSPS) is 10.1. The summed E-state index contributed by atoms with van der Waals surface area (Å²) in [5.74, 6) is -0.168. The molecule has 2 heterocycles. The smallest absolute Gasteiger partial charge is 0.259 e. The first-order valence-corrected chi connectivity index (χ1v) is 4.88. The fourth-order valence-electron chi connectivity index (χ4n) is 1.36. The minimum Gasteiger partial charge on any atom is -0.320 e. The van der Waals surface area contributed by atoms with Gasteiger partial charge in [-0.3, -0.25) is 14.5 Å². The lowest BCUT2D eigenvalue weighted by Gasteiger charge is -2.03. The van der Waals surface area contributed by atoms with Crippen molar-refractivity contribution in [3.8, 4) is 0 Å². The van der Waals surface area contributed by atoms with Crippen molar-refractivity contribution in [1.82, 2.24) is 14.8 Å². The number of carbonyl (C=O) groups is 1. The van der Waals surface area contributed by atoms with Crippen molar-refractivity contribution in [1.29, 1.82) is 0 Å². The second-order valence-corrected chi connectivity index (χ2v) is 3.46. The summed E-state index contributed by atoms with van der Waals surface area (Å²) in [6.07, 6.45) is 4.82. The molecule has 0 aliphatic heterocycles. The number of pyridine rings is 1. The Labute approximate surface area is 93.1 Å². The van der Waals surface area contributed by atoms with Crippen LogP contribution in [-0.4, -0.2) is 20.7 Å². The maximum absolute atomic E-state index is 11.9. The minimum atomic E-state index is -0.168. The van der Waals surface area contributed by atoms with Crippen molar-refractivity contribution in [3.05, 3.63) is 42.0 Å². The van der Waals surface area contributed by atoms with E-state index in [1.165, 1.54) is 0 Å². The average Bonchev–Trinajstić information content (AvgIpc) is 2.61. The molecule has 5 nitrogen and oxygen atoms in total. The summed E-state index contributed by atoms with van der Waals surface area (Å²) < 4.78 is 1.66. The van der Waals surface area contributed by atoms with E-state index in [9.17, 15) is 4.79 Å². The van der Waals surface area contributed by atoms with Gasteiger partial charge in [-0.2, -0.15) is 5.10 Å². The van der Waals surface area contributed by atoms with Gasteiger partial charge >= 0.3 is 0 Å². The zero-order valence-electron chi connectivity index (χ0n) is 9.14. The maximum Gasteiger partial charge on any atom is 0.259 e. The van der Waals surface area contributed by atoms with Crippen molar-refractivity contribution in [3.63, 3.8) is 0 Å². The Morgan fingerprint density at radius 1 is 1.44 bits per heavy atom. The van der Waals surface area contributed by atoms with E-state index in [0.717, 1.165) is 5.69 Å². The van der Waals surface area contributed by atoms with E-state index in [-0.39, 0.29) is 5.91 Å². The minimum absolute atomic E-state index is 0.168. The second kappa shape index (κ2) is 4.14. The number of anilines is 1. The molecular formula is C11H12N4O. The van der Waals surface area contributed by atoms with E-state index < -0.39 is 0 Å². The van der Waals surface area contributed by atoms with Crippen LogP contribution in [0.15, 0.2) is 30.7 Å². The zero-order chi connectivity index (χ0) is 11.5. The van der Waals surface area contributed by atoms with E-state index in [0.29, 0.717) is 11.3 Å². The molecule has 0 spiro atoms. The van der Waals surface area contributed by atoms with Crippen LogP contribution in [0.5, 0.6) is 0 Å². The van der Waals surface area contributed by atoms with Gasteiger partial charge in [-0.15, -0.1) is 0 Å². The van der Waals surface area contributed by atoms with Crippen molar-refractivity contribution in [2.24, 2.45) is 7.05 Å². The van der Waals surface area contributed by atoms with Gasteiger partial charge in [-0.25, -0.2) is 0 Å². The molecule has 0 bridgehead atoms. The van der Waals surface area contributed by atoms with Gasteiger partial charge in [0.25, 0.3) is 5.91 Å². The van der Waals surface area contributed by atoms with Gasteiger partial charge in [-0.05, 0) is 19.1 Å². The van der Waals surface area contributed by atoms with Gasteiger partial charge in [0, 0.05) is 18.9 Å². The summed E-state index contributed by atoms with van der Waals surface area (Å²) in [5.41, 5.74) is 2.09. The van der Waals surface area contributed by atoms with Crippen molar-refractivity contribution in [2.45, 2.75) is 6.92 Å². The van der Waals surface area contributed by atoms with Crippen LogP contribution in [0.1, 0.15) is 16.1 Å². The molecule has 16 heavy (non-hydrogen) atoms. The van der Waals surface area contributed by atoms with Gasteiger partial charge in [0.05, 0.1) is 23.6 Å². The molecule has 0 aromatic carbocycles. The Morgan fingerprint density at radius 2 is 2.25 bits per heavy atom. The third kappa shape index (κ3) is 1.93. The Bertz CT molecular complexity index is 504. The highest BCUT2D eigenvalue weighted by Crippen LogP contribution is 2.10. The molecule has 1 amide bonds. The first kappa shape index (κ1) is 10.4. The number of nitrogens with zero attached hydrogens (tertiary/aromatic N) is 3. The molecular weight excluding hydrogens is 204 g/mol. The van der Waals surface area contributed by atoms with Crippen LogP contribution in [0.3, 0.4) is 0 Å². The SMILES string of the molecule is Cc1c(C(=O)Nc2cccnc2)cnn1C. The average molecular weight is 216 g/mol. The molecule has 5 heteroatoms. The lowest BCUT2D eigenvalue weighted by Crippen LogP contribution is -2.12. The summed E-state index contributed by atoms with van der Waals surface area (Å²) in [6.45, 7) is 1.85. The van der Waals surface area contributed by atoms with Crippen LogP contribution in [0.2, 0.25) is 0 Å². The number of aromatic nitrogens is 3. The molecule has 1 N–H and O–H groups in total. The Morgan fingerprint density at radius 3 is 2.81 bits per heavy atom. The number of hydrogen-bond donors (Lipinski definition) is 1. The Kier molecular flexibility index (Phi) is 2.68. The first-order valence-electron chi connectivity index (χ1n) is 4.88. The predicted octanol–water partition coefficient (Wildman–Crippen LogP) is 1.38. The maximum atomic E-state index is 11.9. The van der Waals surface area contributed by atoms with Gasteiger partial charge in [0.2, 0.25) is 0 Å². The summed E-state index contributed by atoms with van der Waals surface area (Å²) in [6, 6.07) is 3.56. The second-order valence-electron chi connectivity index (χ2n) is 3.46. The lowest BCUT2D eigenvalue weighted by atomic mass is 10.2. The van der Waals surface area contributed by atoms with Crippen molar-refractivity contribution >= 4 is 11.6 Å². The summed E-state index contributed by atoms with van der Waals surface area (Å²) in [7, 11) is 1.80. The number of rotatable bonds is 2. The third-order valence-corrected chi connectivity index (χ3v) is 2.40. The van der Waals surface area contributed by atoms with E-state index in [1.54, 1.807) is 42.5 Å². The first-order chi connectivity index (χ1) is 7.68. The molecule has 0 atom stereocenters. The summed E-state index contributed by atoms with van der Waals surface area (Å²) >= 11 is 0. The van der Waals surface area contributed by atoms with Gasteiger partial charge in [0.15, 0.2) is 0 Å². The quantitative estimate of drug-likeness (QED) is 0.824. The molecule has 2 aromatic heterocycles. The molecule has 0 aliphatic carbocycles. The largest absolute Gasteiger partial charge is 0.320 e. The molecule has 2 aromatic rings. The van der Waals surface area contributed by atoms with Crippen LogP contribution in [0.25, 0.3) is 0 Å². The number of hydrogen-bond acceptors (Lipinski definition) is 3. The monoisotopic (exact) mass is 216 g/mol. The van der Waals surface area contributed by atoms with Gasteiger partial charge in [-0.1, -0.05) is 0 Å². The molecule has 82 valence electrons. The lowest BCUT2D eigenvalue weighted by molar-refractivity contribution is 0.102. The molecule has 2 rings (SSSR count). The highest BCUT2D eigenvalue weighted by Gasteiger charge is 2.12. The molecule has 0 unspecified atom stereocenters. The van der Waals surface area contributed by atoms with Crippen LogP contribution >= 0.6 is 0 Å². The number of carbonyl (C=O) groups excluding carboxylic acids is 1.